The Morgan fingerprint density at radius 3 is 2.89 bits per heavy atom. The van der Waals surface area contributed by atoms with Gasteiger partial charge in [-0.15, -0.1) is 0 Å². The fourth-order valence-corrected chi connectivity index (χ4v) is 1.85. The van der Waals surface area contributed by atoms with Gasteiger partial charge in [0.25, 0.3) is 0 Å². The quantitative estimate of drug-likeness (QED) is 0.650. The molecule has 0 radical (unpaired) electrons. The van der Waals surface area contributed by atoms with Gasteiger partial charge in [0, 0.05) is 25.8 Å². The highest BCUT2D eigenvalue weighted by Crippen LogP contribution is 2.13. The average molecular weight is 254 g/mol. The predicted octanol–water partition coefficient (Wildman–Crippen LogP) is 2.25. The van der Waals surface area contributed by atoms with Gasteiger partial charge in [0.1, 0.15) is 5.76 Å². The second kappa shape index (κ2) is 9.14. The largest absolute Gasteiger partial charge is 0.468 e. The lowest BCUT2D eigenvalue weighted by Crippen LogP contribution is -2.27. The number of likely N-dealkylation sites (N-methyl/N-ethyl adjacent to an activating group) is 1. The zero-order valence-corrected chi connectivity index (χ0v) is 11.9. The normalized spacial score (nSPS) is 11.3. The molecule has 0 fully saturated rings. The summed E-state index contributed by atoms with van der Waals surface area (Å²) in [5.74, 6) is 1.05. The van der Waals surface area contributed by atoms with E-state index in [1.807, 2.05) is 0 Å². The summed E-state index contributed by atoms with van der Waals surface area (Å²) < 4.78 is 10.7. The minimum atomic E-state index is 0.773. The molecule has 0 unspecified atom stereocenters. The summed E-state index contributed by atoms with van der Waals surface area (Å²) in [6.45, 7) is 9.87. The first-order valence-electron chi connectivity index (χ1n) is 6.79. The highest BCUT2D eigenvalue weighted by molar-refractivity contribution is 5.16. The van der Waals surface area contributed by atoms with E-state index in [4.69, 9.17) is 9.15 Å². The van der Waals surface area contributed by atoms with Gasteiger partial charge >= 0.3 is 0 Å². The summed E-state index contributed by atoms with van der Waals surface area (Å²) >= 11 is 0. The monoisotopic (exact) mass is 254 g/mol. The lowest BCUT2D eigenvalue weighted by molar-refractivity contribution is 0.147. The van der Waals surface area contributed by atoms with E-state index in [1.165, 1.54) is 5.56 Å². The summed E-state index contributed by atoms with van der Waals surface area (Å²) in [5, 5.41) is 3.38. The molecule has 0 atom stereocenters. The van der Waals surface area contributed by atoms with Gasteiger partial charge in [-0.1, -0.05) is 13.8 Å². The molecule has 1 heterocycles. The minimum absolute atomic E-state index is 0.773. The molecule has 4 heteroatoms. The first-order valence-corrected chi connectivity index (χ1v) is 6.79. The molecule has 1 N–H and O–H groups in total. The SMILES string of the molecule is CCCNCc1occc1CN(CC)CCOC. The van der Waals surface area contributed by atoms with Crippen LogP contribution in [0.5, 0.6) is 0 Å². The molecule has 0 aliphatic rings. The van der Waals surface area contributed by atoms with Gasteiger partial charge in [-0.05, 0) is 25.6 Å². The Bertz CT molecular complexity index is 312. The third-order valence-electron chi connectivity index (χ3n) is 3.00. The Morgan fingerprint density at radius 1 is 1.39 bits per heavy atom. The van der Waals surface area contributed by atoms with Crippen molar-refractivity contribution in [3.8, 4) is 0 Å². The van der Waals surface area contributed by atoms with E-state index in [0.29, 0.717) is 0 Å². The number of hydrogen-bond donors (Lipinski definition) is 1. The molecule has 0 spiro atoms. The van der Waals surface area contributed by atoms with Gasteiger partial charge in [0.15, 0.2) is 0 Å². The third-order valence-corrected chi connectivity index (χ3v) is 3.00. The van der Waals surface area contributed by atoms with Gasteiger partial charge in [-0.25, -0.2) is 0 Å². The fraction of sp³-hybridized carbons (Fsp3) is 0.714. The number of ether oxygens (including phenoxy) is 1. The molecular weight excluding hydrogens is 228 g/mol. The van der Waals surface area contributed by atoms with Crippen molar-refractivity contribution >= 4 is 0 Å². The van der Waals surface area contributed by atoms with Crippen molar-refractivity contribution in [2.45, 2.75) is 33.4 Å². The van der Waals surface area contributed by atoms with E-state index in [2.05, 4.69) is 30.1 Å². The van der Waals surface area contributed by atoms with Gasteiger partial charge in [0.05, 0.1) is 19.4 Å². The summed E-state index contributed by atoms with van der Waals surface area (Å²) in [6, 6.07) is 2.07. The molecule has 0 saturated carbocycles. The summed E-state index contributed by atoms with van der Waals surface area (Å²) in [5.41, 5.74) is 1.27. The molecule has 0 aromatic carbocycles. The van der Waals surface area contributed by atoms with Crippen LogP contribution in [0, 0.1) is 0 Å². The van der Waals surface area contributed by atoms with E-state index in [1.54, 1.807) is 13.4 Å². The zero-order valence-electron chi connectivity index (χ0n) is 11.9. The molecule has 18 heavy (non-hydrogen) atoms. The number of hydrogen-bond acceptors (Lipinski definition) is 4. The molecule has 0 aliphatic carbocycles. The zero-order chi connectivity index (χ0) is 13.2. The Labute approximate surface area is 110 Å². The molecule has 0 amide bonds. The number of furan rings is 1. The van der Waals surface area contributed by atoms with Crippen molar-refractivity contribution in [1.29, 1.82) is 0 Å². The fourth-order valence-electron chi connectivity index (χ4n) is 1.85. The van der Waals surface area contributed by atoms with E-state index in [9.17, 15) is 0 Å². The molecule has 0 aliphatic heterocycles. The summed E-state index contributed by atoms with van der Waals surface area (Å²) in [6.07, 6.45) is 2.92. The first kappa shape index (κ1) is 15.2. The van der Waals surface area contributed by atoms with Gasteiger partial charge < -0.3 is 14.5 Å². The van der Waals surface area contributed by atoms with Crippen molar-refractivity contribution in [2.75, 3.05) is 33.4 Å². The second-order valence-corrected chi connectivity index (χ2v) is 4.41. The van der Waals surface area contributed by atoms with Crippen LogP contribution in [-0.2, 0) is 17.8 Å². The molecule has 1 aromatic heterocycles. The van der Waals surface area contributed by atoms with E-state index < -0.39 is 0 Å². The molecule has 0 bridgehead atoms. The van der Waals surface area contributed by atoms with Crippen LogP contribution in [0.15, 0.2) is 16.7 Å². The Morgan fingerprint density at radius 2 is 2.22 bits per heavy atom. The maximum Gasteiger partial charge on any atom is 0.122 e. The molecule has 104 valence electrons. The minimum Gasteiger partial charge on any atom is -0.468 e. The summed E-state index contributed by atoms with van der Waals surface area (Å²) in [7, 11) is 1.74. The van der Waals surface area contributed by atoms with Crippen LogP contribution < -0.4 is 5.32 Å². The number of methoxy groups -OCH3 is 1. The average Bonchev–Trinajstić information content (AvgIpc) is 2.82. The van der Waals surface area contributed by atoms with Crippen molar-refractivity contribution in [3.05, 3.63) is 23.7 Å². The van der Waals surface area contributed by atoms with E-state index in [-0.39, 0.29) is 0 Å². The van der Waals surface area contributed by atoms with Crippen molar-refractivity contribution < 1.29 is 9.15 Å². The number of nitrogens with one attached hydrogen (secondary N) is 1. The van der Waals surface area contributed by atoms with Crippen LogP contribution in [0.1, 0.15) is 31.6 Å². The van der Waals surface area contributed by atoms with Crippen molar-refractivity contribution in [1.82, 2.24) is 10.2 Å². The van der Waals surface area contributed by atoms with Gasteiger partial charge in [-0.2, -0.15) is 0 Å². The molecular formula is C14H26N2O2. The maximum absolute atomic E-state index is 5.54. The number of nitrogens with zero attached hydrogens (tertiary/aromatic N) is 1. The predicted molar refractivity (Wildman–Crippen MR) is 73.5 cm³/mol. The Hall–Kier alpha value is -0.840. The highest BCUT2D eigenvalue weighted by atomic mass is 16.5. The third kappa shape index (κ3) is 5.21. The van der Waals surface area contributed by atoms with Crippen molar-refractivity contribution in [3.63, 3.8) is 0 Å². The Balaban J connectivity index is 2.46. The van der Waals surface area contributed by atoms with Crippen LogP contribution >= 0.6 is 0 Å². The molecule has 1 rings (SSSR count). The second-order valence-electron chi connectivity index (χ2n) is 4.41. The molecule has 4 nitrogen and oxygen atoms in total. The van der Waals surface area contributed by atoms with Crippen LogP contribution in [-0.4, -0.2) is 38.3 Å². The van der Waals surface area contributed by atoms with Gasteiger partial charge in [0.2, 0.25) is 0 Å². The standard InChI is InChI=1S/C14H26N2O2/c1-4-7-15-11-14-13(6-9-18-14)12-16(5-2)8-10-17-3/h6,9,15H,4-5,7-8,10-12H2,1-3H3. The Kier molecular flexibility index (Phi) is 7.73. The smallest absolute Gasteiger partial charge is 0.122 e. The van der Waals surface area contributed by atoms with Gasteiger partial charge in [-0.3, -0.25) is 4.90 Å². The summed E-state index contributed by atoms with van der Waals surface area (Å²) in [4.78, 5) is 2.36. The van der Waals surface area contributed by atoms with Crippen LogP contribution in [0.4, 0.5) is 0 Å². The highest BCUT2D eigenvalue weighted by Gasteiger charge is 2.10. The maximum atomic E-state index is 5.54. The molecule has 0 saturated heterocycles. The van der Waals surface area contributed by atoms with Crippen LogP contribution in [0.3, 0.4) is 0 Å². The topological polar surface area (TPSA) is 37.6 Å². The van der Waals surface area contributed by atoms with E-state index >= 15 is 0 Å². The lowest BCUT2D eigenvalue weighted by atomic mass is 10.2. The lowest BCUT2D eigenvalue weighted by Gasteiger charge is -2.19. The number of rotatable bonds is 10. The van der Waals surface area contributed by atoms with Crippen LogP contribution in [0.2, 0.25) is 0 Å². The van der Waals surface area contributed by atoms with Crippen molar-refractivity contribution in [2.24, 2.45) is 0 Å². The molecule has 1 aromatic rings. The van der Waals surface area contributed by atoms with Crippen LogP contribution in [0.25, 0.3) is 0 Å². The first-order chi connectivity index (χ1) is 8.81. The van der Waals surface area contributed by atoms with E-state index in [0.717, 1.165) is 51.5 Å².